The van der Waals surface area contributed by atoms with Gasteiger partial charge >= 0.3 is 0 Å². The summed E-state index contributed by atoms with van der Waals surface area (Å²) >= 11 is 0. The molecule has 0 saturated carbocycles. The molecular weight excluding hydrogens is 472 g/mol. The number of hydrogen-bond acceptors (Lipinski definition) is 6. The molecule has 1 N–H and O–H groups in total. The number of hydrogen-bond donors (Lipinski definition) is 1. The molecule has 0 atom stereocenters. The Morgan fingerprint density at radius 3 is 2.18 bits per heavy atom. The first-order valence-electron chi connectivity index (χ1n) is 13.5. The topological polar surface area (TPSA) is 75.5 Å². The molecule has 38 heavy (non-hydrogen) atoms. The van der Waals surface area contributed by atoms with Crippen molar-refractivity contribution in [3.05, 3.63) is 82.7 Å². The predicted molar refractivity (Wildman–Crippen MR) is 153 cm³/mol. The summed E-state index contributed by atoms with van der Waals surface area (Å²) in [7, 11) is 0. The molecule has 2 aliphatic heterocycles. The zero-order valence-corrected chi connectivity index (χ0v) is 22.6. The zero-order chi connectivity index (χ0) is 26.6. The van der Waals surface area contributed by atoms with Gasteiger partial charge in [-0.15, -0.1) is 0 Å². The van der Waals surface area contributed by atoms with Crippen LogP contribution in [0.15, 0.2) is 54.6 Å². The van der Waals surface area contributed by atoms with E-state index < -0.39 is 0 Å². The highest BCUT2D eigenvalue weighted by Crippen LogP contribution is 2.27. The van der Waals surface area contributed by atoms with Crippen molar-refractivity contribution in [2.45, 2.75) is 39.7 Å². The Morgan fingerprint density at radius 2 is 1.50 bits per heavy atom. The molecule has 2 saturated heterocycles. The molecule has 7 heteroatoms. The largest absolute Gasteiger partial charge is 0.381 e. The smallest absolute Gasteiger partial charge is 0.255 e. The SMILES string of the molecule is Cc1ccccc1N1CCN(C(=O)c2cc(NC3CCN(c4ccccc4C#N)CC3)c(C)nc2C)CC1. The third kappa shape index (κ3) is 5.31. The van der Waals surface area contributed by atoms with Crippen LogP contribution in [0, 0.1) is 32.1 Å². The quantitative estimate of drug-likeness (QED) is 0.527. The number of nitrogens with zero attached hydrogens (tertiary/aromatic N) is 5. The Kier molecular flexibility index (Phi) is 7.50. The molecular formula is C31H36N6O. The molecule has 7 nitrogen and oxygen atoms in total. The van der Waals surface area contributed by atoms with Gasteiger partial charge in [-0.3, -0.25) is 9.78 Å². The minimum Gasteiger partial charge on any atom is -0.381 e. The zero-order valence-electron chi connectivity index (χ0n) is 22.6. The molecule has 2 fully saturated rings. The van der Waals surface area contributed by atoms with Gasteiger partial charge in [0, 0.05) is 51.0 Å². The number of carbonyl (C=O) groups is 1. The highest BCUT2D eigenvalue weighted by molar-refractivity contribution is 5.96. The second-order valence-electron chi connectivity index (χ2n) is 10.4. The van der Waals surface area contributed by atoms with Crippen molar-refractivity contribution >= 4 is 23.0 Å². The molecule has 2 aliphatic rings. The maximum Gasteiger partial charge on any atom is 0.255 e. The Bertz CT molecular complexity index is 1350. The number of aryl methyl sites for hydroxylation is 3. The number of amides is 1. The van der Waals surface area contributed by atoms with E-state index >= 15 is 0 Å². The molecule has 2 aromatic carbocycles. The molecule has 3 aromatic rings. The van der Waals surface area contributed by atoms with Crippen LogP contribution in [-0.2, 0) is 0 Å². The highest BCUT2D eigenvalue weighted by Gasteiger charge is 2.26. The number of benzene rings is 2. The third-order valence-electron chi connectivity index (χ3n) is 7.88. The van der Waals surface area contributed by atoms with Crippen LogP contribution in [0.3, 0.4) is 0 Å². The Labute approximate surface area is 225 Å². The molecule has 1 amide bonds. The number of nitriles is 1. The summed E-state index contributed by atoms with van der Waals surface area (Å²) in [6.07, 6.45) is 1.91. The van der Waals surface area contributed by atoms with Gasteiger partial charge in [-0.25, -0.2) is 0 Å². The molecule has 0 aliphatic carbocycles. The first-order chi connectivity index (χ1) is 18.4. The molecule has 5 rings (SSSR count). The number of rotatable bonds is 5. The third-order valence-corrected chi connectivity index (χ3v) is 7.88. The molecule has 3 heterocycles. The first-order valence-corrected chi connectivity index (χ1v) is 13.5. The van der Waals surface area contributed by atoms with Gasteiger partial charge in [-0.2, -0.15) is 5.26 Å². The van der Waals surface area contributed by atoms with Crippen molar-refractivity contribution in [2.24, 2.45) is 0 Å². The van der Waals surface area contributed by atoms with E-state index in [1.807, 2.05) is 49.1 Å². The Morgan fingerprint density at radius 1 is 0.868 bits per heavy atom. The van der Waals surface area contributed by atoms with Gasteiger partial charge in [0.15, 0.2) is 0 Å². The van der Waals surface area contributed by atoms with Crippen LogP contribution < -0.4 is 15.1 Å². The molecule has 0 spiro atoms. The van der Waals surface area contributed by atoms with Gasteiger partial charge in [0.05, 0.1) is 33.9 Å². The lowest BCUT2D eigenvalue weighted by Crippen LogP contribution is -2.49. The van der Waals surface area contributed by atoms with Crippen molar-refractivity contribution in [1.29, 1.82) is 5.26 Å². The molecule has 0 radical (unpaired) electrons. The van der Waals surface area contributed by atoms with E-state index in [0.29, 0.717) is 24.7 Å². The molecule has 0 unspecified atom stereocenters. The van der Waals surface area contributed by atoms with E-state index in [9.17, 15) is 10.1 Å². The Balaban J connectivity index is 1.23. The number of para-hydroxylation sites is 2. The van der Waals surface area contributed by atoms with E-state index in [4.69, 9.17) is 4.98 Å². The fourth-order valence-electron chi connectivity index (χ4n) is 5.66. The molecule has 1 aromatic heterocycles. The first kappa shape index (κ1) is 25.6. The fourth-order valence-corrected chi connectivity index (χ4v) is 5.66. The minimum atomic E-state index is 0.0606. The van der Waals surface area contributed by atoms with Crippen molar-refractivity contribution < 1.29 is 4.79 Å². The number of carbonyl (C=O) groups excluding carboxylic acids is 1. The van der Waals surface area contributed by atoms with E-state index in [1.54, 1.807) is 0 Å². The number of piperidine rings is 1. The van der Waals surface area contributed by atoms with Crippen LogP contribution in [0.5, 0.6) is 0 Å². The second-order valence-corrected chi connectivity index (χ2v) is 10.4. The lowest BCUT2D eigenvalue weighted by Gasteiger charge is -2.37. The summed E-state index contributed by atoms with van der Waals surface area (Å²) in [6.45, 7) is 10.9. The van der Waals surface area contributed by atoms with E-state index in [-0.39, 0.29) is 5.91 Å². The van der Waals surface area contributed by atoms with E-state index in [1.165, 1.54) is 11.3 Å². The van der Waals surface area contributed by atoms with Crippen LogP contribution in [0.2, 0.25) is 0 Å². The van der Waals surface area contributed by atoms with Crippen LogP contribution in [0.1, 0.15) is 45.7 Å². The lowest BCUT2D eigenvalue weighted by molar-refractivity contribution is 0.0745. The van der Waals surface area contributed by atoms with Crippen molar-refractivity contribution in [3.63, 3.8) is 0 Å². The predicted octanol–water partition coefficient (Wildman–Crippen LogP) is 4.92. The van der Waals surface area contributed by atoms with E-state index in [2.05, 4.69) is 52.4 Å². The number of pyridine rings is 1. The van der Waals surface area contributed by atoms with Crippen LogP contribution in [0.4, 0.5) is 17.1 Å². The summed E-state index contributed by atoms with van der Waals surface area (Å²) in [6, 6.07) is 20.8. The maximum absolute atomic E-state index is 13.6. The van der Waals surface area contributed by atoms with Crippen molar-refractivity contribution in [1.82, 2.24) is 9.88 Å². The highest BCUT2D eigenvalue weighted by atomic mass is 16.2. The Hall–Kier alpha value is -4.05. The minimum absolute atomic E-state index is 0.0606. The molecule has 0 bridgehead atoms. The van der Waals surface area contributed by atoms with Gasteiger partial charge in [-0.1, -0.05) is 30.3 Å². The second kappa shape index (κ2) is 11.1. The van der Waals surface area contributed by atoms with Crippen LogP contribution >= 0.6 is 0 Å². The van der Waals surface area contributed by atoms with Gasteiger partial charge in [-0.05, 0) is 63.4 Å². The lowest BCUT2D eigenvalue weighted by atomic mass is 10.0. The van der Waals surface area contributed by atoms with Crippen LogP contribution in [0.25, 0.3) is 0 Å². The summed E-state index contributed by atoms with van der Waals surface area (Å²) in [4.78, 5) is 24.9. The summed E-state index contributed by atoms with van der Waals surface area (Å²) in [5, 5.41) is 13.1. The van der Waals surface area contributed by atoms with E-state index in [0.717, 1.165) is 67.3 Å². The normalized spacial score (nSPS) is 16.3. The average molecular weight is 509 g/mol. The van der Waals surface area contributed by atoms with Crippen LogP contribution in [-0.4, -0.2) is 61.1 Å². The monoisotopic (exact) mass is 508 g/mol. The number of aromatic nitrogens is 1. The summed E-state index contributed by atoms with van der Waals surface area (Å²) in [5.41, 5.74) is 7.57. The number of nitrogens with one attached hydrogen (secondary N) is 1. The van der Waals surface area contributed by atoms with Crippen molar-refractivity contribution in [2.75, 3.05) is 54.4 Å². The van der Waals surface area contributed by atoms with Gasteiger partial charge < -0.3 is 20.0 Å². The maximum atomic E-state index is 13.6. The fraction of sp³-hybridized carbons (Fsp3) is 0.387. The molecule has 196 valence electrons. The van der Waals surface area contributed by atoms with Gasteiger partial charge in [0.25, 0.3) is 5.91 Å². The summed E-state index contributed by atoms with van der Waals surface area (Å²) < 4.78 is 0. The summed E-state index contributed by atoms with van der Waals surface area (Å²) in [5.74, 6) is 0.0606. The standard InChI is InChI=1S/C31H36N6O/c1-22-8-4-6-10-29(22)36-16-18-37(19-17-36)31(38)27-20-28(24(3)33-23(27)2)34-26-12-14-35(15-13-26)30-11-7-5-9-25(30)21-32/h4-11,20,26,34H,12-19H2,1-3H3. The van der Waals surface area contributed by atoms with Gasteiger partial charge in [0.1, 0.15) is 6.07 Å². The van der Waals surface area contributed by atoms with Gasteiger partial charge in [0.2, 0.25) is 0 Å². The number of piperazine rings is 1. The average Bonchev–Trinajstić information content (AvgIpc) is 2.95. The van der Waals surface area contributed by atoms with Crippen molar-refractivity contribution in [3.8, 4) is 6.07 Å². The number of anilines is 3.